The molecule has 0 unspecified atom stereocenters. The Kier molecular flexibility index (Phi) is 4.45. The van der Waals surface area contributed by atoms with Gasteiger partial charge in [0.05, 0.1) is 5.75 Å². The van der Waals surface area contributed by atoms with Gasteiger partial charge < -0.3 is 4.90 Å². The third-order valence-electron chi connectivity index (χ3n) is 3.38. The average Bonchev–Trinajstić information content (AvgIpc) is 2.64. The Morgan fingerprint density at radius 3 is 2.55 bits per heavy atom. The third-order valence-corrected chi connectivity index (χ3v) is 4.97. The largest absolute Gasteiger partial charge is 0.308 e. The highest BCUT2D eigenvalue weighted by Gasteiger charge is 2.39. The van der Waals surface area contributed by atoms with E-state index in [0.29, 0.717) is 12.8 Å². The molecule has 1 aliphatic rings. The lowest BCUT2D eigenvalue weighted by molar-refractivity contribution is -0.118. The molecule has 0 saturated carbocycles. The molecule has 1 aromatic rings. The number of para-hydroxylation sites is 1. The predicted molar refractivity (Wildman–Crippen MR) is 79.0 cm³/mol. The summed E-state index contributed by atoms with van der Waals surface area (Å²) in [5, 5.41) is 0. The molecule has 0 aliphatic carbocycles. The van der Waals surface area contributed by atoms with Crippen LogP contribution in [0.4, 0.5) is 5.69 Å². The zero-order valence-corrected chi connectivity index (χ0v) is 12.6. The van der Waals surface area contributed by atoms with Gasteiger partial charge in [-0.3, -0.25) is 4.79 Å². The molecule has 1 heterocycles. The first-order valence-corrected chi connectivity index (χ1v) is 8.48. The van der Waals surface area contributed by atoms with Gasteiger partial charge in [-0.2, -0.15) is 0 Å². The van der Waals surface area contributed by atoms with Crippen molar-refractivity contribution in [3.63, 3.8) is 0 Å². The van der Waals surface area contributed by atoms with Crippen LogP contribution in [0, 0.1) is 0 Å². The fourth-order valence-corrected chi connectivity index (χ4v) is 3.83. The molecule has 1 saturated heterocycles. The monoisotopic (exact) mass is 296 g/mol. The highest BCUT2D eigenvalue weighted by molar-refractivity contribution is 7.89. The van der Waals surface area contributed by atoms with Gasteiger partial charge in [-0.25, -0.2) is 13.1 Å². The van der Waals surface area contributed by atoms with Crippen LogP contribution < -0.4 is 9.62 Å². The van der Waals surface area contributed by atoms with Crippen LogP contribution in [0.2, 0.25) is 0 Å². The van der Waals surface area contributed by atoms with Crippen molar-refractivity contribution in [1.29, 1.82) is 0 Å². The van der Waals surface area contributed by atoms with Gasteiger partial charge in [-0.15, -0.1) is 0 Å². The SMILES string of the molecule is CCCS(=O)(=O)N[C@H]1C[C@H](C)N(c2ccccc2)C1=O. The lowest BCUT2D eigenvalue weighted by atomic mass is 10.2. The number of amides is 1. The Labute approximate surface area is 120 Å². The molecular formula is C14H20N2O3S. The predicted octanol–water partition coefficient (Wildman–Crippen LogP) is 1.51. The summed E-state index contributed by atoms with van der Waals surface area (Å²) < 4.78 is 26.1. The summed E-state index contributed by atoms with van der Waals surface area (Å²) in [5.41, 5.74) is 0.808. The van der Waals surface area contributed by atoms with E-state index < -0.39 is 16.1 Å². The lowest BCUT2D eigenvalue weighted by Gasteiger charge is -2.21. The summed E-state index contributed by atoms with van der Waals surface area (Å²) >= 11 is 0. The van der Waals surface area contributed by atoms with E-state index in [1.165, 1.54) is 0 Å². The topological polar surface area (TPSA) is 66.5 Å². The molecule has 1 aromatic carbocycles. The Morgan fingerprint density at radius 1 is 1.30 bits per heavy atom. The third kappa shape index (κ3) is 3.19. The summed E-state index contributed by atoms with van der Waals surface area (Å²) in [7, 11) is -3.37. The van der Waals surface area contributed by atoms with Crippen molar-refractivity contribution >= 4 is 21.6 Å². The van der Waals surface area contributed by atoms with Crippen LogP contribution in [-0.4, -0.2) is 32.2 Å². The quantitative estimate of drug-likeness (QED) is 0.895. The van der Waals surface area contributed by atoms with Crippen molar-refractivity contribution in [2.75, 3.05) is 10.7 Å². The minimum absolute atomic E-state index is 0.0146. The second-order valence-electron chi connectivity index (χ2n) is 5.12. The highest BCUT2D eigenvalue weighted by Crippen LogP contribution is 2.26. The Morgan fingerprint density at radius 2 is 1.95 bits per heavy atom. The number of carbonyl (C=O) groups excluding carboxylic acids is 1. The molecule has 2 rings (SSSR count). The molecule has 6 heteroatoms. The smallest absolute Gasteiger partial charge is 0.245 e. The maximum absolute atomic E-state index is 12.4. The van der Waals surface area contributed by atoms with E-state index in [4.69, 9.17) is 0 Å². The van der Waals surface area contributed by atoms with Crippen LogP contribution in [0.5, 0.6) is 0 Å². The summed E-state index contributed by atoms with van der Waals surface area (Å²) in [6.07, 6.45) is 1.03. The van der Waals surface area contributed by atoms with Gasteiger partial charge in [-0.1, -0.05) is 25.1 Å². The molecule has 5 nitrogen and oxygen atoms in total. The van der Waals surface area contributed by atoms with E-state index >= 15 is 0 Å². The van der Waals surface area contributed by atoms with Crippen molar-refractivity contribution < 1.29 is 13.2 Å². The van der Waals surface area contributed by atoms with E-state index in [9.17, 15) is 13.2 Å². The number of hydrogen-bond donors (Lipinski definition) is 1. The molecule has 0 spiro atoms. The van der Waals surface area contributed by atoms with Crippen LogP contribution in [0.1, 0.15) is 26.7 Å². The summed E-state index contributed by atoms with van der Waals surface area (Å²) in [6, 6.07) is 8.67. The minimum Gasteiger partial charge on any atom is -0.308 e. The van der Waals surface area contributed by atoms with Crippen LogP contribution in [0.15, 0.2) is 30.3 Å². The van der Waals surface area contributed by atoms with Gasteiger partial charge in [0.25, 0.3) is 0 Å². The number of hydrogen-bond acceptors (Lipinski definition) is 3. The molecule has 0 bridgehead atoms. The number of nitrogens with one attached hydrogen (secondary N) is 1. The molecule has 0 radical (unpaired) electrons. The summed E-state index contributed by atoms with van der Waals surface area (Å²) in [4.78, 5) is 14.1. The number of sulfonamides is 1. The Hall–Kier alpha value is -1.40. The summed E-state index contributed by atoms with van der Waals surface area (Å²) in [5.74, 6) is -0.125. The van der Waals surface area contributed by atoms with Gasteiger partial charge in [0.1, 0.15) is 6.04 Å². The second-order valence-corrected chi connectivity index (χ2v) is 6.99. The maximum atomic E-state index is 12.4. The van der Waals surface area contributed by atoms with Gasteiger partial charge in [0.2, 0.25) is 15.9 Å². The maximum Gasteiger partial charge on any atom is 0.245 e. The Bertz CT molecular complexity index is 571. The van der Waals surface area contributed by atoms with Crippen LogP contribution in [-0.2, 0) is 14.8 Å². The van der Waals surface area contributed by atoms with E-state index in [-0.39, 0.29) is 17.7 Å². The zero-order valence-electron chi connectivity index (χ0n) is 11.7. The summed E-state index contributed by atoms with van der Waals surface area (Å²) in [6.45, 7) is 3.73. The van der Waals surface area contributed by atoms with Crippen molar-refractivity contribution in [3.05, 3.63) is 30.3 Å². The number of anilines is 1. The molecule has 1 fully saturated rings. The van der Waals surface area contributed by atoms with Crippen molar-refractivity contribution in [3.8, 4) is 0 Å². The molecule has 1 aliphatic heterocycles. The second kappa shape index (κ2) is 5.93. The molecule has 0 aromatic heterocycles. The molecule has 2 atom stereocenters. The standard InChI is InChI=1S/C14H20N2O3S/c1-3-9-20(18,19)15-13-10-11(2)16(14(13)17)12-7-5-4-6-8-12/h4-8,11,13,15H,3,9-10H2,1-2H3/t11-,13-/m0/s1. The first-order chi connectivity index (χ1) is 9.44. The van der Waals surface area contributed by atoms with E-state index in [0.717, 1.165) is 5.69 Å². The number of nitrogens with zero attached hydrogens (tertiary/aromatic N) is 1. The van der Waals surface area contributed by atoms with Crippen molar-refractivity contribution in [2.24, 2.45) is 0 Å². The van der Waals surface area contributed by atoms with Crippen LogP contribution >= 0.6 is 0 Å². The number of carbonyl (C=O) groups is 1. The molecular weight excluding hydrogens is 276 g/mol. The van der Waals surface area contributed by atoms with Gasteiger partial charge >= 0.3 is 0 Å². The van der Waals surface area contributed by atoms with Crippen LogP contribution in [0.3, 0.4) is 0 Å². The highest BCUT2D eigenvalue weighted by atomic mass is 32.2. The van der Waals surface area contributed by atoms with Gasteiger partial charge in [-0.05, 0) is 31.9 Å². The van der Waals surface area contributed by atoms with Crippen molar-refractivity contribution in [1.82, 2.24) is 4.72 Å². The number of rotatable bonds is 5. The van der Waals surface area contributed by atoms with Gasteiger partial charge in [0, 0.05) is 11.7 Å². The average molecular weight is 296 g/mol. The van der Waals surface area contributed by atoms with E-state index in [1.54, 1.807) is 11.8 Å². The number of benzene rings is 1. The van der Waals surface area contributed by atoms with Crippen LogP contribution in [0.25, 0.3) is 0 Å². The lowest BCUT2D eigenvalue weighted by Crippen LogP contribution is -2.42. The first kappa shape index (κ1) is 15.0. The van der Waals surface area contributed by atoms with E-state index in [2.05, 4.69) is 4.72 Å². The van der Waals surface area contributed by atoms with Crippen molar-refractivity contribution in [2.45, 2.75) is 38.8 Å². The molecule has 1 amide bonds. The minimum atomic E-state index is -3.37. The molecule has 110 valence electrons. The fraction of sp³-hybridized carbons (Fsp3) is 0.500. The normalized spacial score (nSPS) is 23.3. The molecule has 1 N–H and O–H groups in total. The Balaban J connectivity index is 2.15. The fourth-order valence-electron chi connectivity index (χ4n) is 2.55. The first-order valence-electron chi connectivity index (χ1n) is 6.82. The van der Waals surface area contributed by atoms with E-state index in [1.807, 2.05) is 37.3 Å². The molecule has 20 heavy (non-hydrogen) atoms. The van der Waals surface area contributed by atoms with Gasteiger partial charge in [0.15, 0.2) is 0 Å². The zero-order chi connectivity index (χ0) is 14.8.